The van der Waals surface area contributed by atoms with Gasteiger partial charge in [0, 0.05) is 30.4 Å². The molecule has 0 aliphatic heterocycles. The molecule has 0 saturated carbocycles. The van der Waals surface area contributed by atoms with Crippen LogP contribution in [0.3, 0.4) is 0 Å². The Kier molecular flexibility index (Phi) is 4.03. The number of fused-ring (bicyclic) bond motifs is 1. The van der Waals surface area contributed by atoms with Crippen LogP contribution in [0.1, 0.15) is 43.7 Å². The van der Waals surface area contributed by atoms with Crippen LogP contribution in [0.25, 0.3) is 10.2 Å². The van der Waals surface area contributed by atoms with Crippen LogP contribution in [0.2, 0.25) is 0 Å². The molecule has 0 aliphatic rings. The number of thiophene rings is 1. The van der Waals surface area contributed by atoms with Crippen molar-refractivity contribution < 1.29 is 5.11 Å². The number of pyridine rings is 1. The lowest BCUT2D eigenvalue weighted by molar-refractivity contribution is 0.176. The van der Waals surface area contributed by atoms with Crippen molar-refractivity contribution in [2.75, 3.05) is 0 Å². The summed E-state index contributed by atoms with van der Waals surface area (Å²) >= 11 is 1.64. The summed E-state index contributed by atoms with van der Waals surface area (Å²) in [5.41, 5.74) is 2.74. The third-order valence-corrected chi connectivity index (χ3v) is 4.67. The summed E-state index contributed by atoms with van der Waals surface area (Å²) in [4.78, 5) is 4.38. The topological polar surface area (TPSA) is 50.9 Å². The van der Waals surface area contributed by atoms with Gasteiger partial charge in [-0.05, 0) is 36.9 Å². The molecule has 0 aliphatic carbocycles. The van der Waals surface area contributed by atoms with Crippen molar-refractivity contribution in [3.05, 3.63) is 47.2 Å². The summed E-state index contributed by atoms with van der Waals surface area (Å²) in [5.74, 6) is 0. The van der Waals surface area contributed by atoms with Gasteiger partial charge in [0.1, 0.15) is 0 Å². The molecule has 21 heavy (non-hydrogen) atoms. The fourth-order valence-electron chi connectivity index (χ4n) is 2.28. The Labute approximate surface area is 128 Å². The molecule has 3 aromatic heterocycles. The minimum absolute atomic E-state index is 0.389. The van der Waals surface area contributed by atoms with E-state index in [0.717, 1.165) is 27.9 Å². The van der Waals surface area contributed by atoms with E-state index in [9.17, 15) is 5.11 Å². The van der Waals surface area contributed by atoms with E-state index in [2.05, 4.69) is 23.9 Å². The molecule has 1 N–H and O–H groups in total. The highest BCUT2D eigenvalue weighted by atomic mass is 32.1. The Morgan fingerprint density at radius 2 is 2.24 bits per heavy atom. The number of aliphatic hydroxyl groups excluding tert-OH is 1. The predicted octanol–water partition coefficient (Wildman–Crippen LogP) is 3.74. The van der Waals surface area contributed by atoms with Gasteiger partial charge in [-0.25, -0.2) is 0 Å². The number of nitrogens with zero attached hydrogens (tertiary/aromatic N) is 3. The Morgan fingerprint density at radius 3 is 3.05 bits per heavy atom. The molecule has 0 amide bonds. The largest absolute Gasteiger partial charge is 0.388 e. The third kappa shape index (κ3) is 2.99. The smallest absolute Gasteiger partial charge is 0.0861 e. The fraction of sp³-hybridized carbons (Fsp3) is 0.375. The highest BCUT2D eigenvalue weighted by Gasteiger charge is 2.13. The van der Waals surface area contributed by atoms with Gasteiger partial charge in [0.25, 0.3) is 0 Å². The molecule has 3 aromatic rings. The van der Waals surface area contributed by atoms with Crippen LogP contribution in [-0.4, -0.2) is 19.9 Å². The SMILES string of the molecule is CCC(C)n1ccc(CC(O)c2cnc3ccsc3c2)n1. The zero-order valence-electron chi connectivity index (χ0n) is 12.2. The zero-order valence-corrected chi connectivity index (χ0v) is 13.0. The first-order valence-electron chi connectivity index (χ1n) is 7.22. The van der Waals surface area contributed by atoms with Crippen LogP contribution in [0.5, 0.6) is 0 Å². The Balaban J connectivity index is 1.75. The molecule has 110 valence electrons. The van der Waals surface area contributed by atoms with Gasteiger partial charge in [-0.2, -0.15) is 5.10 Å². The van der Waals surface area contributed by atoms with Crippen molar-refractivity contribution in [2.24, 2.45) is 0 Å². The number of hydrogen-bond donors (Lipinski definition) is 1. The van der Waals surface area contributed by atoms with Gasteiger partial charge in [-0.1, -0.05) is 6.92 Å². The lowest BCUT2D eigenvalue weighted by Crippen LogP contribution is -2.07. The highest BCUT2D eigenvalue weighted by Crippen LogP contribution is 2.24. The Morgan fingerprint density at radius 1 is 1.38 bits per heavy atom. The summed E-state index contributed by atoms with van der Waals surface area (Å²) in [5, 5.41) is 16.9. The second-order valence-electron chi connectivity index (χ2n) is 5.34. The van der Waals surface area contributed by atoms with E-state index in [1.54, 1.807) is 17.5 Å². The monoisotopic (exact) mass is 301 g/mol. The van der Waals surface area contributed by atoms with Crippen molar-refractivity contribution in [1.82, 2.24) is 14.8 Å². The lowest BCUT2D eigenvalue weighted by Gasteiger charge is -2.10. The summed E-state index contributed by atoms with van der Waals surface area (Å²) in [6.07, 6.45) is 4.73. The van der Waals surface area contributed by atoms with Gasteiger partial charge in [0.2, 0.25) is 0 Å². The fourth-order valence-corrected chi connectivity index (χ4v) is 3.07. The molecule has 0 fully saturated rings. The van der Waals surface area contributed by atoms with Gasteiger partial charge in [-0.3, -0.25) is 9.67 Å². The van der Waals surface area contributed by atoms with E-state index in [4.69, 9.17) is 0 Å². The van der Waals surface area contributed by atoms with Crippen molar-refractivity contribution >= 4 is 21.6 Å². The van der Waals surface area contributed by atoms with Gasteiger partial charge in [-0.15, -0.1) is 11.3 Å². The first kappa shape index (κ1) is 14.2. The average molecular weight is 301 g/mol. The van der Waals surface area contributed by atoms with E-state index in [-0.39, 0.29) is 0 Å². The zero-order chi connectivity index (χ0) is 14.8. The van der Waals surface area contributed by atoms with Gasteiger partial charge in [0.05, 0.1) is 22.0 Å². The normalized spacial score (nSPS) is 14.4. The number of aliphatic hydroxyl groups is 1. The van der Waals surface area contributed by atoms with Crippen LogP contribution in [0.4, 0.5) is 0 Å². The van der Waals surface area contributed by atoms with Crippen LogP contribution in [0.15, 0.2) is 36.0 Å². The Hall–Kier alpha value is -1.72. The minimum Gasteiger partial charge on any atom is -0.388 e. The van der Waals surface area contributed by atoms with E-state index in [1.165, 1.54) is 0 Å². The summed E-state index contributed by atoms with van der Waals surface area (Å²) in [7, 11) is 0. The standard InChI is InChI=1S/C16H19N3OS/c1-3-11(2)19-6-4-13(18-19)9-15(20)12-8-16-14(17-10-12)5-7-21-16/h4-8,10-11,15,20H,3,9H2,1-2H3. The minimum atomic E-state index is -0.565. The van der Waals surface area contributed by atoms with Crippen molar-refractivity contribution in [1.29, 1.82) is 0 Å². The first-order valence-corrected chi connectivity index (χ1v) is 8.10. The number of rotatable bonds is 5. The molecule has 0 saturated heterocycles. The molecule has 2 atom stereocenters. The summed E-state index contributed by atoms with van der Waals surface area (Å²) in [6, 6.07) is 6.37. The maximum Gasteiger partial charge on any atom is 0.0861 e. The van der Waals surface area contributed by atoms with Crippen molar-refractivity contribution in [3.8, 4) is 0 Å². The molecule has 3 rings (SSSR count). The number of aromatic nitrogens is 3. The molecular weight excluding hydrogens is 282 g/mol. The molecule has 0 spiro atoms. The van der Waals surface area contributed by atoms with E-state index >= 15 is 0 Å². The van der Waals surface area contributed by atoms with E-state index in [0.29, 0.717) is 12.5 Å². The van der Waals surface area contributed by atoms with Crippen molar-refractivity contribution in [2.45, 2.75) is 38.8 Å². The van der Waals surface area contributed by atoms with Crippen LogP contribution in [0, 0.1) is 0 Å². The summed E-state index contributed by atoms with van der Waals surface area (Å²) in [6.45, 7) is 4.28. The molecule has 0 aromatic carbocycles. The van der Waals surface area contributed by atoms with E-state index in [1.807, 2.05) is 34.5 Å². The maximum absolute atomic E-state index is 10.4. The molecule has 2 unspecified atom stereocenters. The van der Waals surface area contributed by atoms with Gasteiger partial charge in [0.15, 0.2) is 0 Å². The molecule has 4 nitrogen and oxygen atoms in total. The highest BCUT2D eigenvalue weighted by molar-refractivity contribution is 7.17. The molecule has 5 heteroatoms. The van der Waals surface area contributed by atoms with Gasteiger partial charge >= 0.3 is 0 Å². The molecule has 3 heterocycles. The maximum atomic E-state index is 10.4. The second-order valence-corrected chi connectivity index (χ2v) is 6.28. The summed E-state index contributed by atoms with van der Waals surface area (Å²) < 4.78 is 3.07. The lowest BCUT2D eigenvalue weighted by atomic mass is 10.1. The van der Waals surface area contributed by atoms with E-state index < -0.39 is 6.10 Å². The van der Waals surface area contributed by atoms with Gasteiger partial charge < -0.3 is 5.11 Å². The molecule has 0 radical (unpaired) electrons. The number of hydrogen-bond acceptors (Lipinski definition) is 4. The third-order valence-electron chi connectivity index (χ3n) is 3.82. The first-order chi connectivity index (χ1) is 10.2. The second kappa shape index (κ2) is 5.95. The Bertz CT molecular complexity index is 734. The van der Waals surface area contributed by atoms with Crippen molar-refractivity contribution in [3.63, 3.8) is 0 Å². The molecular formula is C16H19N3OS. The van der Waals surface area contributed by atoms with Crippen LogP contribution in [-0.2, 0) is 6.42 Å². The molecule has 0 bridgehead atoms. The van der Waals surface area contributed by atoms with Crippen LogP contribution >= 0.6 is 11.3 Å². The quantitative estimate of drug-likeness (QED) is 0.781. The van der Waals surface area contributed by atoms with Crippen LogP contribution < -0.4 is 0 Å². The average Bonchev–Trinajstić information content (AvgIpc) is 3.14. The predicted molar refractivity (Wildman–Crippen MR) is 85.5 cm³/mol.